The Morgan fingerprint density at radius 1 is 0.875 bits per heavy atom. The van der Waals surface area contributed by atoms with E-state index in [0.29, 0.717) is 5.56 Å². The smallest absolute Gasteiger partial charge is 0.485 e. The van der Waals surface area contributed by atoms with Gasteiger partial charge in [-0.3, -0.25) is 0 Å². The van der Waals surface area contributed by atoms with Gasteiger partial charge in [-0.1, -0.05) is 24.3 Å². The number of nitriles is 1. The van der Waals surface area contributed by atoms with Gasteiger partial charge in [-0.15, -0.1) is 0 Å². The van der Waals surface area contributed by atoms with Crippen LogP contribution in [0.2, 0.25) is 0 Å². The van der Waals surface area contributed by atoms with Crippen molar-refractivity contribution in [3.05, 3.63) is 64.6 Å². The average Bonchev–Trinajstić information content (AvgIpc) is 2.64. The van der Waals surface area contributed by atoms with Crippen LogP contribution in [0.3, 0.4) is 0 Å². The fraction of sp³-hybridized carbons (Fsp3) is 0.391. The summed E-state index contributed by atoms with van der Waals surface area (Å²) in [6, 6.07) is 13.9. The summed E-state index contributed by atoms with van der Waals surface area (Å²) in [4.78, 5) is 0. The predicted molar refractivity (Wildman–Crippen MR) is 116 cm³/mol. The number of hydrogen-bond acceptors (Lipinski definition) is 4. The van der Waals surface area contributed by atoms with Crippen LogP contribution in [-0.2, 0) is 20.9 Å². The van der Waals surface area contributed by atoms with Crippen molar-refractivity contribution in [2.24, 2.45) is 0 Å². The lowest BCUT2D eigenvalue weighted by Crippen LogP contribution is -2.21. The normalized spacial score (nSPS) is 12.8. The van der Waals surface area contributed by atoms with Gasteiger partial charge in [0.25, 0.3) is 0 Å². The van der Waals surface area contributed by atoms with Crippen molar-refractivity contribution in [3.63, 3.8) is 0 Å². The second kappa shape index (κ2) is 9.84. The molecule has 0 radical (unpaired) electrons. The molecule has 0 amide bonds. The summed E-state index contributed by atoms with van der Waals surface area (Å²) in [6.07, 6.45) is 4.16. The Morgan fingerprint density at radius 3 is 1.56 bits per heavy atom. The number of hydrogen-bond donors (Lipinski definition) is 0. The maximum absolute atomic E-state index is 10.7. The van der Waals surface area contributed by atoms with Crippen LogP contribution < -0.4 is 0 Å². The number of nitrogens with zero attached hydrogens (tertiary/aromatic N) is 1. The lowest BCUT2D eigenvalue weighted by atomic mass is 9.88. The first-order valence-electron chi connectivity index (χ1n) is 9.54. The lowest BCUT2D eigenvalue weighted by molar-refractivity contribution is -0.0517. The zero-order valence-corrected chi connectivity index (χ0v) is 19.6. The summed E-state index contributed by atoms with van der Waals surface area (Å²) in [5.41, 5.74) is -2.86. The molecule has 2 aromatic rings. The van der Waals surface area contributed by atoms with E-state index in [-0.39, 0.29) is 10.8 Å². The third-order valence-electron chi connectivity index (χ3n) is 4.09. The first kappa shape index (κ1) is 27.3. The molecule has 0 aliphatic rings. The number of benzene rings is 1. The lowest BCUT2D eigenvalue weighted by Gasteiger charge is -2.14. The molecule has 174 valence electrons. The summed E-state index contributed by atoms with van der Waals surface area (Å²) in [7, 11) is -6.09. The topological polar surface area (TPSA) is 92.3 Å². The first-order chi connectivity index (χ1) is 14.3. The molecule has 32 heavy (non-hydrogen) atoms. The fourth-order valence-electron chi connectivity index (χ4n) is 2.22. The van der Waals surface area contributed by atoms with Gasteiger partial charge < -0.3 is 4.55 Å². The van der Waals surface area contributed by atoms with Gasteiger partial charge in [0, 0.05) is 12.1 Å². The van der Waals surface area contributed by atoms with Crippen molar-refractivity contribution in [3.8, 4) is 6.07 Å². The van der Waals surface area contributed by atoms with Crippen LogP contribution >= 0.6 is 0 Å². The molecule has 0 unspecified atom stereocenters. The van der Waals surface area contributed by atoms with Gasteiger partial charge >= 0.3 is 17.0 Å². The van der Waals surface area contributed by atoms with Crippen LogP contribution in [0.4, 0.5) is 13.2 Å². The maximum atomic E-state index is 10.7. The summed E-state index contributed by atoms with van der Waals surface area (Å²) in [5, 5.41) is 8.87. The van der Waals surface area contributed by atoms with E-state index in [9.17, 15) is 13.2 Å². The zero-order valence-electron chi connectivity index (χ0n) is 18.7. The van der Waals surface area contributed by atoms with Gasteiger partial charge in [0.15, 0.2) is 10.1 Å². The molecule has 5 nitrogen and oxygen atoms in total. The van der Waals surface area contributed by atoms with Crippen LogP contribution in [0.5, 0.6) is 0 Å². The van der Waals surface area contributed by atoms with Crippen LogP contribution in [0.25, 0.3) is 12.2 Å². The van der Waals surface area contributed by atoms with Crippen molar-refractivity contribution < 1.29 is 30.6 Å². The predicted octanol–water partition coefficient (Wildman–Crippen LogP) is 6.25. The molecule has 0 fully saturated rings. The zero-order chi connectivity index (χ0) is 25.0. The minimum atomic E-state index is -6.09. The monoisotopic (exact) mass is 469 g/mol. The van der Waals surface area contributed by atoms with Gasteiger partial charge in [0.2, 0.25) is 0 Å². The summed E-state index contributed by atoms with van der Waals surface area (Å²) in [6.45, 7) is 13.0. The van der Waals surface area contributed by atoms with Crippen molar-refractivity contribution in [2.75, 3.05) is 0 Å². The van der Waals surface area contributed by atoms with Gasteiger partial charge in [0.1, 0.15) is 0 Å². The molecule has 0 aliphatic heterocycles. The molecule has 0 saturated carbocycles. The third kappa shape index (κ3) is 8.44. The van der Waals surface area contributed by atoms with E-state index < -0.39 is 15.6 Å². The standard InChI is InChI=1S/C22H26NO.CHF3O3S/c1-21(2,3)19-13-18(14-20(24-19)22(4,5)6)12-9-16-7-10-17(15-23)11-8-16;2-1(3,4)8(5,6)7/h7-14H,1-6H3;(H,5,6,7)/q+1;/p-1/b12-9+;. The largest absolute Gasteiger partial charge is 0.741 e. The number of alkyl halides is 3. The van der Waals surface area contributed by atoms with E-state index in [1.54, 1.807) is 0 Å². The van der Waals surface area contributed by atoms with Gasteiger partial charge in [-0.2, -0.15) is 18.4 Å². The summed E-state index contributed by atoms with van der Waals surface area (Å²) >= 11 is 0. The van der Waals surface area contributed by atoms with Crippen molar-refractivity contribution in [1.29, 1.82) is 5.26 Å². The summed E-state index contributed by atoms with van der Waals surface area (Å²) < 4.78 is 65.1. The highest BCUT2D eigenvalue weighted by atomic mass is 32.2. The van der Waals surface area contributed by atoms with Gasteiger partial charge in [-0.25, -0.2) is 12.8 Å². The maximum Gasteiger partial charge on any atom is 0.485 e. The van der Waals surface area contributed by atoms with Crippen LogP contribution in [0.15, 0.2) is 40.8 Å². The SMILES string of the molecule is CC(C)(C)c1cc(/C=C/c2ccc(C#N)cc2)cc(C(C)(C)C)[o+]1.O=S(=O)([O-])C(F)(F)F. The second-order valence-corrected chi connectivity index (χ2v) is 10.5. The van der Waals surface area contributed by atoms with Crippen LogP contribution in [0.1, 0.15) is 69.8 Å². The Kier molecular flexibility index (Phi) is 8.40. The Balaban J connectivity index is 0.000000547. The molecule has 0 saturated heterocycles. The fourth-order valence-corrected chi connectivity index (χ4v) is 2.22. The highest BCUT2D eigenvalue weighted by Gasteiger charge is 2.37. The minimum Gasteiger partial charge on any atom is -0.741 e. The molecule has 1 aromatic heterocycles. The number of rotatable bonds is 2. The molecule has 0 atom stereocenters. The van der Waals surface area contributed by atoms with Gasteiger partial charge in [0.05, 0.1) is 22.5 Å². The van der Waals surface area contributed by atoms with Gasteiger partial charge in [-0.05, 0) is 64.8 Å². The molecule has 0 aliphatic carbocycles. The van der Waals surface area contributed by atoms with Crippen molar-refractivity contribution in [1.82, 2.24) is 0 Å². The highest BCUT2D eigenvalue weighted by molar-refractivity contribution is 7.86. The van der Waals surface area contributed by atoms with Crippen molar-refractivity contribution >= 4 is 22.3 Å². The Morgan fingerprint density at radius 2 is 1.25 bits per heavy atom. The first-order valence-corrected chi connectivity index (χ1v) is 10.9. The van der Waals surface area contributed by atoms with E-state index in [0.717, 1.165) is 22.6 Å². The second-order valence-electron chi connectivity index (χ2n) is 9.09. The van der Waals surface area contributed by atoms with E-state index in [4.69, 9.17) is 22.6 Å². The Hall–Kier alpha value is -2.70. The Bertz CT molecular complexity index is 1070. The molecule has 0 spiro atoms. The average molecular weight is 470 g/mol. The molecule has 9 heteroatoms. The molecule has 0 N–H and O–H groups in total. The molecular weight excluding hydrogens is 443 g/mol. The van der Waals surface area contributed by atoms with E-state index in [2.05, 4.69) is 71.9 Å². The van der Waals surface area contributed by atoms with Crippen LogP contribution in [0, 0.1) is 11.3 Å². The quantitative estimate of drug-likeness (QED) is 0.294. The molecule has 1 aromatic carbocycles. The highest BCUT2D eigenvalue weighted by Crippen LogP contribution is 2.31. The van der Waals surface area contributed by atoms with Crippen molar-refractivity contribution in [2.45, 2.75) is 57.9 Å². The van der Waals surface area contributed by atoms with E-state index in [1.165, 1.54) is 0 Å². The molecule has 1 heterocycles. The van der Waals surface area contributed by atoms with E-state index in [1.807, 2.05) is 24.3 Å². The molecule has 0 bridgehead atoms. The molecule has 2 rings (SSSR count). The Labute approximate surface area is 187 Å². The van der Waals surface area contributed by atoms with E-state index >= 15 is 0 Å². The third-order valence-corrected chi connectivity index (χ3v) is 4.65. The summed E-state index contributed by atoms with van der Waals surface area (Å²) in [5.74, 6) is 1.96. The minimum absolute atomic E-state index is 0.0434. The number of halogens is 3. The van der Waals surface area contributed by atoms with Crippen LogP contribution in [-0.4, -0.2) is 18.5 Å². The molecular formula is C23H26F3NO4S.